The first kappa shape index (κ1) is 32.8. The molecule has 0 radical (unpaired) electrons. The van der Waals surface area contributed by atoms with E-state index in [1.54, 1.807) is 48.5 Å². The predicted molar refractivity (Wildman–Crippen MR) is 197 cm³/mol. The quantitative estimate of drug-likeness (QED) is 0.202. The number of hydrogen-bond acceptors (Lipinski definition) is 0. The maximum atomic E-state index is 2.71. The second-order valence-corrected chi connectivity index (χ2v) is 25.0. The highest BCUT2D eigenvalue weighted by atomic mass is 31.1. The molecule has 0 aliphatic heterocycles. The molecule has 38 heavy (non-hydrogen) atoms. The first-order chi connectivity index (χ1) is 17.9. The summed E-state index contributed by atoms with van der Waals surface area (Å²) in [6, 6.07) is 19.4. The van der Waals surface area contributed by atoms with Crippen LogP contribution < -0.4 is 31.8 Å². The van der Waals surface area contributed by atoms with E-state index >= 15 is 0 Å². The van der Waals surface area contributed by atoms with Crippen LogP contribution in [0.2, 0.25) is 0 Å². The van der Waals surface area contributed by atoms with Crippen LogP contribution in [0.1, 0.15) is 13.8 Å². The molecule has 0 aromatic heterocycles. The Bertz CT molecular complexity index is 1200. The van der Waals surface area contributed by atoms with Crippen LogP contribution in [0.5, 0.6) is 0 Å². The summed E-state index contributed by atoms with van der Waals surface area (Å²) in [5, 5.41) is 9.85. The number of rotatable bonds is 10. The van der Waals surface area contributed by atoms with Gasteiger partial charge in [-0.25, -0.2) is 0 Å². The summed E-state index contributed by atoms with van der Waals surface area (Å²) in [6.45, 7) is 29.5. The van der Waals surface area contributed by atoms with Crippen LogP contribution in [0.4, 0.5) is 0 Å². The predicted octanol–water partition coefficient (Wildman–Crippen LogP) is 8.00. The van der Waals surface area contributed by atoms with Crippen molar-refractivity contribution in [1.29, 1.82) is 0 Å². The van der Waals surface area contributed by atoms with E-state index in [2.05, 4.69) is 129 Å². The standard InChI is InChI=1S/C32H48P6/c1-13-38(14-2)31-25(30-26(34(5)6)20-24(33(3)4)21-27(30)35(7)8)22-28(36(9)10)32(37(11)12)29(31)23-18-16-15-17-19-23/h15-22H,13-14H2,1-12H3. The molecule has 0 atom stereocenters. The van der Waals surface area contributed by atoms with Gasteiger partial charge in [0, 0.05) is 0 Å². The molecule has 0 N–H and O–H groups in total. The molecule has 0 heterocycles. The summed E-state index contributed by atoms with van der Waals surface area (Å²) in [6.07, 6.45) is 2.49. The van der Waals surface area contributed by atoms with Gasteiger partial charge >= 0.3 is 0 Å². The zero-order valence-electron chi connectivity index (χ0n) is 25.7. The van der Waals surface area contributed by atoms with E-state index in [1.807, 2.05) is 0 Å². The van der Waals surface area contributed by atoms with Crippen LogP contribution in [0.15, 0.2) is 48.5 Å². The summed E-state index contributed by atoms with van der Waals surface area (Å²) in [5.74, 6) is 0. The summed E-state index contributed by atoms with van der Waals surface area (Å²) in [4.78, 5) is 0. The molecule has 0 amide bonds. The van der Waals surface area contributed by atoms with Crippen LogP contribution in [0, 0.1) is 0 Å². The van der Waals surface area contributed by atoms with E-state index in [1.165, 1.54) is 17.9 Å². The fourth-order valence-electron chi connectivity index (χ4n) is 5.22. The van der Waals surface area contributed by atoms with Crippen molar-refractivity contribution in [3.63, 3.8) is 0 Å². The minimum atomic E-state index is -0.260. The Morgan fingerprint density at radius 2 is 1.00 bits per heavy atom. The maximum Gasteiger partial charge on any atom is -0.00175 e. The number of benzene rings is 3. The molecule has 0 saturated carbocycles. The third-order valence-corrected chi connectivity index (χ3v) is 16.6. The molecule has 0 aliphatic rings. The lowest BCUT2D eigenvalue weighted by Gasteiger charge is -2.32. The van der Waals surface area contributed by atoms with Crippen LogP contribution in [-0.4, -0.2) is 79.0 Å². The highest BCUT2D eigenvalue weighted by Crippen LogP contribution is 2.47. The van der Waals surface area contributed by atoms with Crippen molar-refractivity contribution >= 4 is 79.4 Å². The molecule has 0 fully saturated rings. The van der Waals surface area contributed by atoms with E-state index in [0.29, 0.717) is 0 Å². The molecule has 3 aromatic rings. The van der Waals surface area contributed by atoms with Gasteiger partial charge in [0.25, 0.3) is 0 Å². The first-order valence-corrected chi connectivity index (χ1v) is 26.4. The van der Waals surface area contributed by atoms with Crippen molar-refractivity contribution in [2.45, 2.75) is 13.8 Å². The molecule has 0 spiro atoms. The maximum absolute atomic E-state index is 2.71. The molecule has 0 aliphatic carbocycles. The molecular formula is C32H48P6. The van der Waals surface area contributed by atoms with Gasteiger partial charge in [-0.3, -0.25) is 0 Å². The molecule has 6 heteroatoms. The summed E-state index contributed by atoms with van der Waals surface area (Å²) in [7, 11) is -1.33. The Morgan fingerprint density at radius 3 is 1.39 bits per heavy atom. The Hall–Kier alpha value is 0.240. The van der Waals surface area contributed by atoms with Gasteiger partial charge in [-0.15, -0.1) is 0 Å². The van der Waals surface area contributed by atoms with Crippen molar-refractivity contribution < 1.29 is 0 Å². The third-order valence-electron chi connectivity index (χ3n) is 7.15. The summed E-state index contributed by atoms with van der Waals surface area (Å²) < 4.78 is 0. The van der Waals surface area contributed by atoms with Gasteiger partial charge in [0.15, 0.2) is 0 Å². The topological polar surface area (TPSA) is 0 Å². The van der Waals surface area contributed by atoms with Crippen molar-refractivity contribution in [3.05, 3.63) is 48.5 Å². The Balaban J connectivity index is 2.69. The van der Waals surface area contributed by atoms with Crippen molar-refractivity contribution in [3.8, 4) is 22.3 Å². The average molecular weight is 619 g/mol. The molecule has 0 unspecified atom stereocenters. The molecule has 0 nitrogen and oxygen atoms in total. The van der Waals surface area contributed by atoms with Crippen LogP contribution in [0.25, 0.3) is 22.3 Å². The minimum Gasteiger partial charge on any atom is -0.0816 e. The van der Waals surface area contributed by atoms with Gasteiger partial charge in [-0.05, 0) is 151 Å². The highest BCUT2D eigenvalue weighted by Gasteiger charge is 2.29. The molecular weight excluding hydrogens is 570 g/mol. The lowest BCUT2D eigenvalue weighted by atomic mass is 9.98. The smallest absolute Gasteiger partial charge is 0.00175 e. The van der Waals surface area contributed by atoms with Gasteiger partial charge in [0.05, 0.1) is 0 Å². The van der Waals surface area contributed by atoms with E-state index in [9.17, 15) is 0 Å². The molecule has 0 saturated heterocycles. The van der Waals surface area contributed by atoms with E-state index in [4.69, 9.17) is 0 Å². The SMILES string of the molecule is CCP(CC)c1c(-c2c(P(C)C)cc(P(C)C)cc2P(C)C)cc(P(C)C)c(P(C)C)c1-c1ccccc1. The lowest BCUT2D eigenvalue weighted by molar-refractivity contribution is 1.42. The zero-order chi connectivity index (χ0) is 28.3. The second-order valence-electron chi connectivity index (χ2n) is 10.9. The van der Waals surface area contributed by atoms with Crippen molar-refractivity contribution in [1.82, 2.24) is 0 Å². The molecule has 206 valence electrons. The van der Waals surface area contributed by atoms with Crippen molar-refractivity contribution in [2.75, 3.05) is 79.0 Å². The van der Waals surface area contributed by atoms with E-state index < -0.39 is 0 Å². The second kappa shape index (κ2) is 14.4. The number of hydrogen-bond donors (Lipinski definition) is 0. The van der Waals surface area contributed by atoms with Crippen LogP contribution in [0.3, 0.4) is 0 Å². The molecule has 3 rings (SSSR count). The van der Waals surface area contributed by atoms with Gasteiger partial charge in [-0.2, -0.15) is 0 Å². The van der Waals surface area contributed by atoms with Crippen molar-refractivity contribution in [2.24, 2.45) is 0 Å². The van der Waals surface area contributed by atoms with E-state index in [-0.39, 0.29) is 47.5 Å². The fraction of sp³-hybridized carbons (Fsp3) is 0.438. The third kappa shape index (κ3) is 6.99. The summed E-state index contributed by atoms with van der Waals surface area (Å²) in [5.41, 5.74) is 6.23. The normalized spacial score (nSPS) is 12.3. The zero-order valence-corrected chi connectivity index (χ0v) is 31.1. The fourth-order valence-corrected chi connectivity index (χ4v) is 14.0. The molecule has 0 bridgehead atoms. The Morgan fingerprint density at radius 1 is 0.500 bits per heavy atom. The van der Waals surface area contributed by atoms with Crippen LogP contribution in [-0.2, 0) is 0 Å². The monoisotopic (exact) mass is 618 g/mol. The molecule has 3 aromatic carbocycles. The summed E-state index contributed by atoms with van der Waals surface area (Å²) >= 11 is 0. The highest BCUT2D eigenvalue weighted by molar-refractivity contribution is 7.71. The van der Waals surface area contributed by atoms with Gasteiger partial charge in [0.2, 0.25) is 0 Å². The Kier molecular flexibility index (Phi) is 12.4. The van der Waals surface area contributed by atoms with Gasteiger partial charge < -0.3 is 0 Å². The lowest BCUT2D eigenvalue weighted by Crippen LogP contribution is -2.33. The van der Waals surface area contributed by atoms with Gasteiger partial charge in [0.1, 0.15) is 0 Å². The largest absolute Gasteiger partial charge is 0.0816 e. The van der Waals surface area contributed by atoms with E-state index in [0.717, 1.165) is 0 Å². The Labute approximate surface area is 242 Å². The van der Waals surface area contributed by atoms with Crippen LogP contribution >= 0.6 is 47.5 Å². The first-order valence-electron chi connectivity index (χ1n) is 13.5. The average Bonchev–Trinajstić information content (AvgIpc) is 2.88. The minimum absolute atomic E-state index is 0.127. The van der Waals surface area contributed by atoms with Gasteiger partial charge in [-0.1, -0.05) is 91.7 Å².